The number of nitrogens with zero attached hydrogens (tertiary/aromatic N) is 4. The van der Waals surface area contributed by atoms with Crippen molar-refractivity contribution in [1.29, 1.82) is 0 Å². The van der Waals surface area contributed by atoms with Crippen LogP contribution in [0.3, 0.4) is 0 Å². The van der Waals surface area contributed by atoms with Gasteiger partial charge in [-0.05, 0) is 66.5 Å². The van der Waals surface area contributed by atoms with Crippen molar-refractivity contribution in [3.05, 3.63) is 52.6 Å². The summed E-state index contributed by atoms with van der Waals surface area (Å²) < 4.78 is 28.4. The van der Waals surface area contributed by atoms with E-state index in [1.54, 1.807) is 0 Å². The Kier molecular flexibility index (Phi) is 7.41. The molecule has 0 unspecified atom stereocenters. The molecule has 10 heteroatoms. The number of aromatic nitrogens is 2. The van der Waals surface area contributed by atoms with Crippen molar-refractivity contribution in [1.82, 2.24) is 19.5 Å². The first-order valence-corrected chi connectivity index (χ1v) is 13.8. The Morgan fingerprint density at radius 1 is 1.15 bits per heavy atom. The second-order valence-electron chi connectivity index (χ2n) is 11.4. The van der Waals surface area contributed by atoms with Crippen molar-refractivity contribution in [3.8, 4) is 11.3 Å². The van der Waals surface area contributed by atoms with Crippen LogP contribution >= 0.6 is 0 Å². The zero-order chi connectivity index (χ0) is 27.9. The molecule has 0 atom stereocenters. The van der Waals surface area contributed by atoms with E-state index in [-0.39, 0.29) is 44.3 Å². The van der Waals surface area contributed by atoms with Gasteiger partial charge in [0, 0.05) is 61.7 Å². The summed E-state index contributed by atoms with van der Waals surface area (Å²) in [5, 5.41) is 4.99. The Labute approximate surface area is 227 Å². The van der Waals surface area contributed by atoms with Crippen molar-refractivity contribution in [2.75, 3.05) is 38.6 Å². The van der Waals surface area contributed by atoms with Crippen LogP contribution in [0.25, 0.3) is 22.2 Å². The van der Waals surface area contributed by atoms with Gasteiger partial charge in [-0.25, -0.2) is 8.78 Å². The molecule has 8 nitrogen and oxygen atoms in total. The largest absolute Gasteiger partial charge is 0.354 e. The number of benzene rings is 1. The van der Waals surface area contributed by atoms with Crippen LogP contribution in [0.1, 0.15) is 68.1 Å². The van der Waals surface area contributed by atoms with Crippen LogP contribution in [0.5, 0.6) is 0 Å². The molecule has 0 radical (unpaired) electrons. The van der Waals surface area contributed by atoms with E-state index in [0.29, 0.717) is 24.5 Å². The minimum Gasteiger partial charge on any atom is -0.354 e. The molecule has 2 fully saturated rings. The lowest BCUT2D eigenvalue weighted by atomic mass is 9.87. The normalized spacial score (nSPS) is 19.3. The molecule has 2 aliphatic rings. The number of nitrogen functional groups attached to an aromatic ring is 1. The van der Waals surface area contributed by atoms with Gasteiger partial charge in [0.1, 0.15) is 0 Å². The fourth-order valence-electron chi connectivity index (χ4n) is 6.16. The number of rotatable bonds is 5. The Bertz CT molecular complexity index is 1400. The topological polar surface area (TPSA) is 109 Å². The van der Waals surface area contributed by atoms with Crippen molar-refractivity contribution in [3.63, 3.8) is 0 Å². The molecule has 4 heterocycles. The number of amides is 1. The zero-order valence-corrected chi connectivity index (χ0v) is 23.0. The predicted octanol–water partition coefficient (Wildman–Crippen LogP) is 3.99. The molecule has 39 heavy (non-hydrogen) atoms. The number of alkyl halides is 2. The summed E-state index contributed by atoms with van der Waals surface area (Å²) in [5.74, 6) is 9.79. The average Bonchev–Trinajstić information content (AvgIpc) is 3.29. The van der Waals surface area contributed by atoms with Crippen LogP contribution in [-0.2, 0) is 4.79 Å². The lowest BCUT2D eigenvalue weighted by Crippen LogP contribution is -2.47. The molecular formula is C29H39F2N7O. The van der Waals surface area contributed by atoms with Crippen molar-refractivity contribution in [2.45, 2.75) is 64.2 Å². The van der Waals surface area contributed by atoms with Crippen LogP contribution in [0.15, 0.2) is 35.6 Å². The Balaban J connectivity index is 1.32. The van der Waals surface area contributed by atoms with Crippen molar-refractivity contribution >= 4 is 16.8 Å². The summed E-state index contributed by atoms with van der Waals surface area (Å²) in [6, 6.07) is 8.69. The summed E-state index contributed by atoms with van der Waals surface area (Å²) >= 11 is 0. The second-order valence-corrected chi connectivity index (χ2v) is 11.4. The molecule has 0 saturated carbocycles. The van der Waals surface area contributed by atoms with Gasteiger partial charge in [0.2, 0.25) is 5.91 Å². The van der Waals surface area contributed by atoms with Crippen LogP contribution in [0, 0.1) is 6.92 Å². The third-order valence-electron chi connectivity index (χ3n) is 8.36. The van der Waals surface area contributed by atoms with Gasteiger partial charge in [-0.15, -0.1) is 0 Å². The van der Waals surface area contributed by atoms with E-state index in [2.05, 4.69) is 48.2 Å². The van der Waals surface area contributed by atoms with Crippen LogP contribution < -0.4 is 17.2 Å². The zero-order valence-electron chi connectivity index (χ0n) is 23.0. The van der Waals surface area contributed by atoms with Gasteiger partial charge in [-0.3, -0.25) is 14.4 Å². The molecule has 5 N–H and O–H groups in total. The quantitative estimate of drug-likeness (QED) is 0.337. The third kappa shape index (κ3) is 5.52. The number of carbonyl (C=O) groups is 1. The minimum atomic E-state index is -2.59. The Morgan fingerprint density at radius 2 is 1.85 bits per heavy atom. The maximum Gasteiger partial charge on any atom is 0.250 e. The molecule has 5 rings (SSSR count). The van der Waals surface area contributed by atoms with E-state index in [1.807, 2.05) is 22.9 Å². The summed E-state index contributed by atoms with van der Waals surface area (Å²) in [5.41, 5.74) is 7.04. The number of likely N-dealkylation sites (tertiary alicyclic amines) is 2. The number of aryl methyl sites for hydroxylation is 1. The molecule has 1 aromatic carbocycles. The number of hydrogen-bond acceptors (Lipinski definition) is 5. The SMILES string of the molecule is Cc1cc(-c2[nH]c3ccc(C4CCN(C(=O)CN5CCC(F)(F)CC5)CC4)cc3c2C(C)C)cn(N)/c1=N\N. The van der Waals surface area contributed by atoms with Gasteiger partial charge < -0.3 is 21.6 Å². The van der Waals surface area contributed by atoms with Gasteiger partial charge in [-0.2, -0.15) is 5.10 Å². The lowest BCUT2D eigenvalue weighted by molar-refractivity contribution is -0.135. The summed E-state index contributed by atoms with van der Waals surface area (Å²) in [6.07, 6.45) is 3.30. The number of carbonyl (C=O) groups excluding carboxylic acids is 1. The average molecular weight is 540 g/mol. The van der Waals surface area contributed by atoms with Gasteiger partial charge in [0.15, 0.2) is 5.49 Å². The summed E-state index contributed by atoms with van der Waals surface area (Å²) in [4.78, 5) is 20.2. The minimum absolute atomic E-state index is 0.0485. The van der Waals surface area contributed by atoms with Crippen LogP contribution in [0.4, 0.5) is 8.78 Å². The first kappa shape index (κ1) is 27.2. The highest BCUT2D eigenvalue weighted by Crippen LogP contribution is 2.38. The number of fused-ring (bicyclic) bond motifs is 1. The molecule has 210 valence electrons. The number of hydrogen-bond donors (Lipinski definition) is 3. The van der Waals surface area contributed by atoms with Gasteiger partial charge in [0.25, 0.3) is 5.92 Å². The monoisotopic (exact) mass is 539 g/mol. The van der Waals surface area contributed by atoms with E-state index >= 15 is 0 Å². The number of H-pyrrole nitrogens is 1. The van der Waals surface area contributed by atoms with Crippen LogP contribution in [-0.4, -0.2) is 64.0 Å². The molecule has 0 aliphatic carbocycles. The van der Waals surface area contributed by atoms with Crippen molar-refractivity contribution < 1.29 is 13.6 Å². The molecule has 2 aliphatic heterocycles. The maximum atomic E-state index is 13.5. The fourth-order valence-corrected chi connectivity index (χ4v) is 6.16. The molecule has 2 saturated heterocycles. The fraction of sp³-hybridized carbons (Fsp3) is 0.517. The van der Waals surface area contributed by atoms with Gasteiger partial charge >= 0.3 is 0 Å². The lowest BCUT2D eigenvalue weighted by Gasteiger charge is -2.36. The van der Waals surface area contributed by atoms with Crippen LogP contribution in [0.2, 0.25) is 0 Å². The highest BCUT2D eigenvalue weighted by Gasteiger charge is 2.35. The Hall–Kier alpha value is -3.40. The summed E-state index contributed by atoms with van der Waals surface area (Å²) in [7, 11) is 0. The number of halogens is 2. The van der Waals surface area contributed by atoms with E-state index < -0.39 is 5.92 Å². The van der Waals surface area contributed by atoms with E-state index in [9.17, 15) is 13.6 Å². The number of piperidine rings is 2. The number of nitrogens with one attached hydrogen (secondary N) is 1. The molecule has 2 aromatic heterocycles. The molecule has 0 spiro atoms. The van der Waals surface area contributed by atoms with Gasteiger partial charge in [-0.1, -0.05) is 19.9 Å². The first-order valence-electron chi connectivity index (χ1n) is 13.8. The van der Waals surface area contributed by atoms with Crippen molar-refractivity contribution in [2.24, 2.45) is 10.9 Å². The van der Waals surface area contributed by atoms with E-state index in [0.717, 1.165) is 35.2 Å². The standard InChI is InChI=1S/C29H39F2N7O/c1-18(2)26-23-15-21(4-5-24(23)34-27(26)22-14-19(3)28(35-32)38(33)16-22)20-6-10-37(11-7-20)25(39)17-36-12-8-29(30,31)9-13-36/h4-5,14-16,18,20,34H,6-13,17,32-33H2,1-3H3/b35-28-. The maximum absolute atomic E-state index is 13.5. The predicted molar refractivity (Wildman–Crippen MR) is 150 cm³/mol. The number of aromatic amines is 1. The smallest absolute Gasteiger partial charge is 0.250 e. The number of pyridine rings is 1. The molecule has 1 amide bonds. The Morgan fingerprint density at radius 3 is 2.46 bits per heavy atom. The second kappa shape index (κ2) is 10.6. The molecule has 3 aromatic rings. The first-order chi connectivity index (χ1) is 18.6. The highest BCUT2D eigenvalue weighted by molar-refractivity contribution is 5.92. The number of nitrogens with two attached hydrogens (primary N) is 2. The molecule has 0 bridgehead atoms. The highest BCUT2D eigenvalue weighted by atomic mass is 19.3. The van der Waals surface area contributed by atoms with Gasteiger partial charge in [0.05, 0.1) is 12.2 Å². The summed E-state index contributed by atoms with van der Waals surface area (Å²) in [6.45, 7) is 8.51. The third-order valence-corrected chi connectivity index (χ3v) is 8.36. The van der Waals surface area contributed by atoms with E-state index in [4.69, 9.17) is 11.7 Å². The molecular weight excluding hydrogens is 500 g/mol. The van der Waals surface area contributed by atoms with E-state index in [1.165, 1.54) is 21.2 Å².